The summed E-state index contributed by atoms with van der Waals surface area (Å²) < 4.78 is 5.58. The van der Waals surface area contributed by atoms with Crippen LogP contribution in [0.2, 0.25) is 0 Å². The van der Waals surface area contributed by atoms with Gasteiger partial charge >= 0.3 is 0 Å². The highest BCUT2D eigenvalue weighted by atomic mass is 16.5. The lowest BCUT2D eigenvalue weighted by molar-refractivity contribution is 0.101. The average Bonchev–Trinajstić information content (AvgIpc) is 2.28. The minimum absolute atomic E-state index is 0.0998. The fraction of sp³-hybridized carbons (Fsp3) is 0.571. The van der Waals surface area contributed by atoms with Crippen molar-refractivity contribution in [2.75, 3.05) is 6.61 Å². The maximum Gasteiger partial charge on any atom is 0.122 e. The maximum absolute atomic E-state index is 10.1. The zero-order valence-electron chi connectivity index (χ0n) is 10.6. The van der Waals surface area contributed by atoms with Gasteiger partial charge in [0.05, 0.1) is 12.7 Å². The first kappa shape index (κ1) is 13.0. The molecule has 1 rings (SSSR count). The molecule has 0 saturated carbocycles. The molecule has 0 aliphatic heterocycles. The normalized spacial score (nSPS) is 14.9. The van der Waals surface area contributed by atoms with Gasteiger partial charge in [0, 0.05) is 5.92 Å². The van der Waals surface area contributed by atoms with E-state index in [1.807, 2.05) is 52.0 Å². The smallest absolute Gasteiger partial charge is 0.122 e. The van der Waals surface area contributed by atoms with Crippen LogP contribution in [0.15, 0.2) is 24.3 Å². The third kappa shape index (κ3) is 2.99. The number of para-hydroxylation sites is 1. The summed E-state index contributed by atoms with van der Waals surface area (Å²) in [5.74, 6) is 1.24. The molecule has 0 aromatic heterocycles. The number of rotatable bonds is 5. The van der Waals surface area contributed by atoms with Crippen LogP contribution in [0.1, 0.15) is 39.2 Å². The molecule has 0 amide bonds. The molecule has 90 valence electrons. The lowest BCUT2D eigenvalue weighted by Crippen LogP contribution is -2.22. The topological polar surface area (TPSA) is 29.5 Å². The van der Waals surface area contributed by atoms with Gasteiger partial charge in [0.2, 0.25) is 0 Å². The van der Waals surface area contributed by atoms with Crippen molar-refractivity contribution in [1.82, 2.24) is 0 Å². The molecule has 2 atom stereocenters. The van der Waals surface area contributed by atoms with Gasteiger partial charge < -0.3 is 9.84 Å². The van der Waals surface area contributed by atoms with Crippen molar-refractivity contribution in [2.45, 2.75) is 39.7 Å². The Morgan fingerprint density at radius 2 is 1.81 bits per heavy atom. The molecule has 16 heavy (non-hydrogen) atoms. The number of hydrogen-bond donors (Lipinski definition) is 1. The Labute approximate surface area is 98.3 Å². The second-order valence-electron chi connectivity index (χ2n) is 4.49. The molecule has 0 heterocycles. The molecule has 1 aromatic carbocycles. The van der Waals surface area contributed by atoms with E-state index in [1.54, 1.807) is 0 Å². The van der Waals surface area contributed by atoms with Crippen LogP contribution >= 0.6 is 0 Å². The zero-order valence-corrected chi connectivity index (χ0v) is 10.6. The largest absolute Gasteiger partial charge is 0.494 e. The van der Waals surface area contributed by atoms with E-state index in [-0.39, 0.29) is 17.9 Å². The third-order valence-corrected chi connectivity index (χ3v) is 2.90. The fourth-order valence-corrected chi connectivity index (χ4v) is 1.90. The van der Waals surface area contributed by atoms with Gasteiger partial charge in [-0.2, -0.15) is 0 Å². The Kier molecular flexibility index (Phi) is 4.81. The second kappa shape index (κ2) is 5.90. The van der Waals surface area contributed by atoms with E-state index in [1.165, 1.54) is 0 Å². The standard InChI is InChI=1S/C14H22O2/c1-5-16-13-9-7-6-8-12(13)11(4)14(15)10(2)3/h6-11,14-15H,5H2,1-4H3. The number of aliphatic hydroxyl groups excluding tert-OH is 1. The molecular formula is C14H22O2. The molecule has 2 nitrogen and oxygen atoms in total. The van der Waals surface area contributed by atoms with Crippen molar-refractivity contribution in [3.8, 4) is 5.75 Å². The van der Waals surface area contributed by atoms with Gasteiger partial charge in [-0.05, 0) is 24.5 Å². The Balaban J connectivity index is 2.93. The molecule has 0 spiro atoms. The molecule has 0 bridgehead atoms. The quantitative estimate of drug-likeness (QED) is 0.829. The van der Waals surface area contributed by atoms with Crippen LogP contribution in [0.3, 0.4) is 0 Å². The molecule has 0 fully saturated rings. The van der Waals surface area contributed by atoms with Gasteiger partial charge in [-0.1, -0.05) is 39.0 Å². The Bertz CT molecular complexity index is 320. The van der Waals surface area contributed by atoms with Crippen molar-refractivity contribution in [2.24, 2.45) is 5.92 Å². The van der Waals surface area contributed by atoms with Crippen molar-refractivity contribution in [3.63, 3.8) is 0 Å². The minimum atomic E-state index is -0.332. The average molecular weight is 222 g/mol. The maximum atomic E-state index is 10.1. The molecule has 0 aliphatic carbocycles. The monoisotopic (exact) mass is 222 g/mol. The molecule has 1 N–H and O–H groups in total. The van der Waals surface area contributed by atoms with E-state index < -0.39 is 0 Å². The van der Waals surface area contributed by atoms with Gasteiger partial charge in [0.25, 0.3) is 0 Å². The Morgan fingerprint density at radius 1 is 1.19 bits per heavy atom. The third-order valence-electron chi connectivity index (χ3n) is 2.90. The van der Waals surface area contributed by atoms with Crippen molar-refractivity contribution < 1.29 is 9.84 Å². The first-order valence-corrected chi connectivity index (χ1v) is 5.97. The highest BCUT2D eigenvalue weighted by Crippen LogP contribution is 2.31. The van der Waals surface area contributed by atoms with E-state index in [2.05, 4.69) is 0 Å². The molecule has 2 heteroatoms. The molecule has 0 saturated heterocycles. The predicted octanol–water partition coefficient (Wildman–Crippen LogP) is 3.21. The summed E-state index contributed by atoms with van der Waals surface area (Å²) >= 11 is 0. The van der Waals surface area contributed by atoms with E-state index >= 15 is 0 Å². The van der Waals surface area contributed by atoms with E-state index in [9.17, 15) is 5.11 Å². The molecule has 0 aliphatic rings. The van der Waals surface area contributed by atoms with Crippen LogP contribution in [0.5, 0.6) is 5.75 Å². The van der Waals surface area contributed by atoms with Crippen LogP contribution in [0.4, 0.5) is 0 Å². The lowest BCUT2D eigenvalue weighted by Gasteiger charge is -2.24. The highest BCUT2D eigenvalue weighted by Gasteiger charge is 2.21. The minimum Gasteiger partial charge on any atom is -0.494 e. The summed E-state index contributed by atoms with van der Waals surface area (Å²) in [6, 6.07) is 7.94. The van der Waals surface area contributed by atoms with Crippen LogP contribution in [0, 0.1) is 5.92 Å². The summed E-state index contributed by atoms with van der Waals surface area (Å²) in [6.07, 6.45) is -0.332. The SMILES string of the molecule is CCOc1ccccc1C(C)C(O)C(C)C. The van der Waals surface area contributed by atoms with Gasteiger partial charge in [0.15, 0.2) is 0 Å². The van der Waals surface area contributed by atoms with Gasteiger partial charge in [-0.15, -0.1) is 0 Å². The van der Waals surface area contributed by atoms with Gasteiger partial charge in [-0.25, -0.2) is 0 Å². The molecule has 1 aromatic rings. The van der Waals surface area contributed by atoms with Crippen molar-refractivity contribution in [1.29, 1.82) is 0 Å². The summed E-state index contributed by atoms with van der Waals surface area (Å²) in [7, 11) is 0. The van der Waals surface area contributed by atoms with Gasteiger partial charge in [-0.3, -0.25) is 0 Å². The Morgan fingerprint density at radius 3 is 2.38 bits per heavy atom. The van der Waals surface area contributed by atoms with E-state index in [4.69, 9.17) is 4.74 Å². The first-order chi connectivity index (χ1) is 7.57. The van der Waals surface area contributed by atoms with Crippen LogP contribution < -0.4 is 4.74 Å². The summed E-state index contributed by atoms with van der Waals surface area (Å²) in [4.78, 5) is 0. The Hall–Kier alpha value is -1.02. The molecule has 2 unspecified atom stereocenters. The van der Waals surface area contributed by atoms with Crippen LogP contribution in [-0.2, 0) is 0 Å². The number of aliphatic hydroxyl groups is 1. The lowest BCUT2D eigenvalue weighted by atomic mass is 9.88. The van der Waals surface area contributed by atoms with E-state index in [0.717, 1.165) is 11.3 Å². The summed E-state index contributed by atoms with van der Waals surface area (Å²) in [5.41, 5.74) is 1.09. The summed E-state index contributed by atoms with van der Waals surface area (Å²) in [6.45, 7) is 8.74. The molecule has 0 radical (unpaired) electrons. The van der Waals surface area contributed by atoms with Crippen molar-refractivity contribution in [3.05, 3.63) is 29.8 Å². The fourth-order valence-electron chi connectivity index (χ4n) is 1.90. The summed E-state index contributed by atoms with van der Waals surface area (Å²) in [5, 5.41) is 10.1. The molecular weight excluding hydrogens is 200 g/mol. The highest BCUT2D eigenvalue weighted by molar-refractivity contribution is 5.36. The van der Waals surface area contributed by atoms with Crippen LogP contribution in [0.25, 0.3) is 0 Å². The number of benzene rings is 1. The number of ether oxygens (including phenoxy) is 1. The van der Waals surface area contributed by atoms with E-state index in [0.29, 0.717) is 6.61 Å². The predicted molar refractivity (Wildman–Crippen MR) is 66.9 cm³/mol. The first-order valence-electron chi connectivity index (χ1n) is 5.97. The second-order valence-corrected chi connectivity index (χ2v) is 4.49. The number of hydrogen-bond acceptors (Lipinski definition) is 2. The zero-order chi connectivity index (χ0) is 12.1. The van der Waals surface area contributed by atoms with Crippen LogP contribution in [-0.4, -0.2) is 17.8 Å². The van der Waals surface area contributed by atoms with Gasteiger partial charge in [0.1, 0.15) is 5.75 Å². The van der Waals surface area contributed by atoms with Crippen molar-refractivity contribution >= 4 is 0 Å².